The zero-order valence-electron chi connectivity index (χ0n) is 9.87. The van der Waals surface area contributed by atoms with E-state index in [0.29, 0.717) is 16.7 Å². The van der Waals surface area contributed by atoms with Gasteiger partial charge in [-0.25, -0.2) is 0 Å². The number of nitriles is 2. The predicted molar refractivity (Wildman–Crippen MR) is 61.8 cm³/mol. The Morgan fingerprint density at radius 2 is 1.72 bits per heavy atom. The quantitative estimate of drug-likeness (QED) is 0.771. The summed E-state index contributed by atoms with van der Waals surface area (Å²) in [6.07, 6.45) is 1.39. The molecule has 92 valence electrons. The van der Waals surface area contributed by atoms with E-state index in [1.54, 1.807) is 38.1 Å². The van der Waals surface area contributed by atoms with E-state index in [1.807, 2.05) is 0 Å². The molecule has 0 radical (unpaired) electrons. The van der Waals surface area contributed by atoms with Gasteiger partial charge in [0.1, 0.15) is 23.5 Å². The predicted octanol–water partition coefficient (Wildman–Crippen LogP) is 3.34. The van der Waals surface area contributed by atoms with Crippen molar-refractivity contribution < 1.29 is 13.5 Å². The Bertz CT molecular complexity index is 526. The highest BCUT2D eigenvalue weighted by molar-refractivity contribution is 5.64. The van der Waals surface area contributed by atoms with Crippen LogP contribution in [0.3, 0.4) is 0 Å². The molecule has 3 nitrogen and oxygen atoms in total. The first-order valence-corrected chi connectivity index (χ1v) is 5.06. The van der Waals surface area contributed by atoms with Crippen molar-refractivity contribution in [2.45, 2.75) is 20.5 Å². The van der Waals surface area contributed by atoms with Crippen LogP contribution in [0.15, 0.2) is 17.7 Å². The van der Waals surface area contributed by atoms with E-state index in [9.17, 15) is 8.78 Å². The minimum Gasteiger partial charge on any atom is -0.434 e. The van der Waals surface area contributed by atoms with Crippen LogP contribution in [0.1, 0.15) is 16.7 Å². The Labute approximate surface area is 104 Å². The van der Waals surface area contributed by atoms with Crippen LogP contribution < -0.4 is 4.74 Å². The third-order valence-electron chi connectivity index (χ3n) is 2.24. The van der Waals surface area contributed by atoms with E-state index in [0.717, 1.165) is 0 Å². The van der Waals surface area contributed by atoms with Crippen LogP contribution in [-0.4, -0.2) is 6.61 Å². The molecule has 0 saturated heterocycles. The van der Waals surface area contributed by atoms with Gasteiger partial charge in [-0.15, -0.1) is 0 Å². The minimum absolute atomic E-state index is 0.0451. The Hall–Kier alpha value is -2.40. The number of benzene rings is 1. The fraction of sp³-hybridized carbons (Fsp3) is 0.231. The second kappa shape index (κ2) is 5.79. The molecule has 0 aliphatic carbocycles. The van der Waals surface area contributed by atoms with Crippen molar-refractivity contribution in [3.8, 4) is 17.9 Å². The van der Waals surface area contributed by atoms with Crippen LogP contribution in [0.5, 0.6) is 5.75 Å². The summed E-state index contributed by atoms with van der Waals surface area (Å²) in [6.45, 7) is 0.374. The summed E-state index contributed by atoms with van der Waals surface area (Å²) >= 11 is 0. The van der Waals surface area contributed by atoms with Crippen molar-refractivity contribution in [2.24, 2.45) is 0 Å². The SMILES string of the molecule is Cc1cc(C=C(C#N)C#N)cc(C)c1OC(F)F. The molecule has 1 aromatic carbocycles. The van der Waals surface area contributed by atoms with Crippen molar-refractivity contribution in [2.75, 3.05) is 0 Å². The lowest BCUT2D eigenvalue weighted by Gasteiger charge is -2.12. The molecule has 0 unspecified atom stereocenters. The molecule has 0 atom stereocenters. The molecule has 0 heterocycles. The summed E-state index contributed by atoms with van der Waals surface area (Å²) in [5.74, 6) is 0.123. The van der Waals surface area contributed by atoms with Gasteiger partial charge in [-0.1, -0.05) is 0 Å². The van der Waals surface area contributed by atoms with E-state index in [4.69, 9.17) is 10.5 Å². The Morgan fingerprint density at radius 1 is 1.22 bits per heavy atom. The number of nitrogens with zero attached hydrogens (tertiary/aromatic N) is 2. The van der Waals surface area contributed by atoms with Gasteiger partial charge in [0.15, 0.2) is 0 Å². The van der Waals surface area contributed by atoms with Gasteiger partial charge in [-0.2, -0.15) is 19.3 Å². The second-order valence-corrected chi connectivity index (χ2v) is 3.64. The van der Waals surface area contributed by atoms with Gasteiger partial charge >= 0.3 is 6.61 Å². The molecule has 0 spiro atoms. The van der Waals surface area contributed by atoms with Gasteiger partial charge < -0.3 is 4.74 Å². The van der Waals surface area contributed by atoms with E-state index in [-0.39, 0.29) is 11.3 Å². The first kappa shape index (κ1) is 13.7. The van der Waals surface area contributed by atoms with Gasteiger partial charge in [0.25, 0.3) is 0 Å². The maximum absolute atomic E-state index is 12.2. The van der Waals surface area contributed by atoms with Gasteiger partial charge in [0.05, 0.1) is 0 Å². The highest BCUT2D eigenvalue weighted by Gasteiger charge is 2.11. The van der Waals surface area contributed by atoms with E-state index in [2.05, 4.69) is 4.74 Å². The number of ether oxygens (including phenoxy) is 1. The standard InChI is InChI=1S/C13H10F2N2O/c1-8-3-10(5-11(6-16)7-17)4-9(2)12(8)18-13(14)15/h3-5,13H,1-2H3. The summed E-state index contributed by atoms with van der Waals surface area (Å²) < 4.78 is 28.8. The molecule has 0 amide bonds. The number of allylic oxidation sites excluding steroid dienone is 1. The number of halogens is 2. The normalized spacial score (nSPS) is 9.50. The van der Waals surface area contributed by atoms with Crippen LogP contribution in [0, 0.1) is 36.5 Å². The third kappa shape index (κ3) is 3.29. The number of rotatable bonds is 3. The van der Waals surface area contributed by atoms with E-state index >= 15 is 0 Å². The molecule has 0 bridgehead atoms. The molecule has 0 saturated carbocycles. The largest absolute Gasteiger partial charge is 0.434 e. The summed E-state index contributed by atoms with van der Waals surface area (Å²) in [5, 5.41) is 17.3. The third-order valence-corrected chi connectivity index (χ3v) is 2.24. The van der Waals surface area contributed by atoms with Gasteiger partial charge in [-0.05, 0) is 48.7 Å². The van der Waals surface area contributed by atoms with Crippen LogP contribution in [0.4, 0.5) is 8.78 Å². The average molecular weight is 248 g/mol. The van der Waals surface area contributed by atoms with Gasteiger partial charge in [0, 0.05) is 0 Å². The number of alkyl halides is 2. The number of hydrogen-bond acceptors (Lipinski definition) is 3. The lowest BCUT2D eigenvalue weighted by Crippen LogP contribution is -2.05. The molecule has 0 N–H and O–H groups in total. The molecule has 5 heteroatoms. The van der Waals surface area contributed by atoms with Crippen LogP contribution in [0.25, 0.3) is 6.08 Å². The Balaban J connectivity index is 3.20. The smallest absolute Gasteiger partial charge is 0.387 e. The maximum atomic E-state index is 12.2. The first-order valence-electron chi connectivity index (χ1n) is 5.06. The average Bonchev–Trinajstić information content (AvgIpc) is 2.30. The number of hydrogen-bond donors (Lipinski definition) is 0. The minimum atomic E-state index is -2.88. The molecular weight excluding hydrogens is 238 g/mol. The topological polar surface area (TPSA) is 56.8 Å². The van der Waals surface area contributed by atoms with Crippen molar-refractivity contribution in [1.29, 1.82) is 10.5 Å². The second-order valence-electron chi connectivity index (χ2n) is 3.64. The molecule has 0 aromatic heterocycles. The van der Waals surface area contributed by atoms with E-state index in [1.165, 1.54) is 6.08 Å². The van der Waals surface area contributed by atoms with Crippen LogP contribution in [-0.2, 0) is 0 Å². The Morgan fingerprint density at radius 3 is 2.11 bits per heavy atom. The molecule has 0 aliphatic heterocycles. The summed E-state index contributed by atoms with van der Waals surface area (Å²) in [5.41, 5.74) is 1.61. The lowest BCUT2D eigenvalue weighted by molar-refractivity contribution is -0.0507. The fourth-order valence-electron chi connectivity index (χ4n) is 1.60. The molecule has 18 heavy (non-hydrogen) atoms. The molecular formula is C13H10F2N2O. The van der Waals surface area contributed by atoms with Crippen LogP contribution in [0.2, 0.25) is 0 Å². The fourth-order valence-corrected chi connectivity index (χ4v) is 1.60. The summed E-state index contributed by atoms with van der Waals surface area (Å²) in [7, 11) is 0. The van der Waals surface area contributed by atoms with Crippen molar-refractivity contribution in [1.82, 2.24) is 0 Å². The van der Waals surface area contributed by atoms with Crippen molar-refractivity contribution in [3.63, 3.8) is 0 Å². The highest BCUT2D eigenvalue weighted by Crippen LogP contribution is 2.27. The maximum Gasteiger partial charge on any atom is 0.387 e. The van der Waals surface area contributed by atoms with Gasteiger partial charge in [-0.3, -0.25) is 0 Å². The lowest BCUT2D eigenvalue weighted by atomic mass is 10.0. The van der Waals surface area contributed by atoms with E-state index < -0.39 is 6.61 Å². The first-order chi connectivity index (χ1) is 8.47. The zero-order chi connectivity index (χ0) is 13.7. The van der Waals surface area contributed by atoms with Gasteiger partial charge in [0.2, 0.25) is 0 Å². The molecule has 1 rings (SSSR count). The van der Waals surface area contributed by atoms with Crippen LogP contribution >= 0.6 is 0 Å². The van der Waals surface area contributed by atoms with Crippen molar-refractivity contribution in [3.05, 3.63) is 34.4 Å². The monoisotopic (exact) mass is 248 g/mol. The zero-order valence-corrected chi connectivity index (χ0v) is 9.87. The van der Waals surface area contributed by atoms with Crippen molar-refractivity contribution >= 4 is 6.08 Å². The molecule has 0 aliphatic rings. The highest BCUT2D eigenvalue weighted by atomic mass is 19.3. The molecule has 0 fully saturated rings. The Kier molecular flexibility index (Phi) is 4.39. The summed E-state index contributed by atoms with van der Waals surface area (Å²) in [4.78, 5) is 0. The number of aryl methyl sites for hydroxylation is 2. The molecule has 1 aromatic rings. The summed E-state index contributed by atoms with van der Waals surface area (Å²) in [6, 6.07) is 6.63.